The van der Waals surface area contributed by atoms with Gasteiger partial charge in [-0.05, 0) is 13.3 Å². The number of aromatic nitrogens is 4. The van der Waals surface area contributed by atoms with E-state index in [1.165, 1.54) is 4.40 Å². The van der Waals surface area contributed by atoms with E-state index in [0.717, 1.165) is 0 Å². The number of nitrogens with zero attached hydrogens (tertiary/aromatic N) is 3. The molecule has 2 aromatic rings. The fourth-order valence-electron chi connectivity index (χ4n) is 1.83. The van der Waals surface area contributed by atoms with Gasteiger partial charge in [-0.1, -0.05) is 0 Å². The lowest BCUT2D eigenvalue weighted by Gasteiger charge is -2.10. The van der Waals surface area contributed by atoms with Gasteiger partial charge in [-0.2, -0.15) is 5.10 Å². The Labute approximate surface area is 109 Å². The molecule has 0 bridgehead atoms. The number of aliphatic hydroxyl groups is 1. The number of nitrogens with one attached hydrogen (secondary N) is 2. The number of aryl methyl sites for hydroxylation is 1. The number of H-pyrrole nitrogens is 1. The quantitative estimate of drug-likeness (QED) is 0.654. The van der Waals surface area contributed by atoms with Crippen LogP contribution >= 0.6 is 0 Å². The first-order valence-electron chi connectivity index (χ1n) is 5.97. The Hall–Kier alpha value is -1.93. The van der Waals surface area contributed by atoms with Gasteiger partial charge in [0.15, 0.2) is 5.65 Å². The SMILES string of the molecule is COCC(O)CCNc1cc2n[nH]c(=O)n2c(C)n1. The third-order valence-corrected chi connectivity index (χ3v) is 2.71. The van der Waals surface area contributed by atoms with Crippen molar-refractivity contribution >= 4 is 11.5 Å². The highest BCUT2D eigenvalue weighted by Crippen LogP contribution is 2.08. The zero-order valence-corrected chi connectivity index (χ0v) is 10.9. The van der Waals surface area contributed by atoms with E-state index in [1.807, 2.05) is 0 Å². The topological polar surface area (TPSA) is 105 Å². The first-order valence-corrected chi connectivity index (χ1v) is 5.97. The number of aromatic amines is 1. The van der Waals surface area contributed by atoms with Crippen molar-refractivity contribution in [2.24, 2.45) is 0 Å². The van der Waals surface area contributed by atoms with Crippen molar-refractivity contribution in [1.29, 1.82) is 0 Å². The minimum absolute atomic E-state index is 0.304. The van der Waals surface area contributed by atoms with Crippen LogP contribution in [-0.4, -0.2) is 51.1 Å². The number of aliphatic hydroxyl groups excluding tert-OH is 1. The van der Waals surface area contributed by atoms with Crippen LogP contribution in [0.1, 0.15) is 12.2 Å². The maximum absolute atomic E-state index is 11.4. The van der Waals surface area contributed by atoms with E-state index in [0.29, 0.717) is 36.9 Å². The monoisotopic (exact) mass is 267 g/mol. The first-order chi connectivity index (χ1) is 9.11. The van der Waals surface area contributed by atoms with Crippen molar-refractivity contribution < 1.29 is 9.84 Å². The van der Waals surface area contributed by atoms with Crippen LogP contribution < -0.4 is 11.0 Å². The second-order valence-electron chi connectivity index (χ2n) is 4.24. The van der Waals surface area contributed by atoms with Crippen molar-refractivity contribution in [3.8, 4) is 0 Å². The molecule has 0 saturated heterocycles. The lowest BCUT2D eigenvalue weighted by atomic mass is 10.2. The van der Waals surface area contributed by atoms with E-state index in [1.54, 1.807) is 20.1 Å². The highest BCUT2D eigenvalue weighted by molar-refractivity contribution is 5.49. The average Bonchev–Trinajstić information content (AvgIpc) is 2.72. The minimum Gasteiger partial charge on any atom is -0.391 e. The van der Waals surface area contributed by atoms with E-state index < -0.39 is 6.10 Å². The summed E-state index contributed by atoms with van der Waals surface area (Å²) in [6.07, 6.45) is 0.0444. The number of fused-ring (bicyclic) bond motifs is 1. The zero-order chi connectivity index (χ0) is 13.8. The van der Waals surface area contributed by atoms with Gasteiger partial charge >= 0.3 is 5.69 Å². The average molecular weight is 267 g/mol. The molecule has 0 aliphatic rings. The predicted molar refractivity (Wildman–Crippen MR) is 69.3 cm³/mol. The molecule has 0 fully saturated rings. The molecule has 1 atom stereocenters. The third-order valence-electron chi connectivity index (χ3n) is 2.71. The molecule has 1 unspecified atom stereocenters. The summed E-state index contributed by atoms with van der Waals surface area (Å²) in [6.45, 7) is 2.60. The van der Waals surface area contributed by atoms with Gasteiger partial charge in [0.05, 0.1) is 12.7 Å². The summed E-state index contributed by atoms with van der Waals surface area (Å²) in [5.74, 6) is 1.17. The molecule has 0 amide bonds. The first kappa shape index (κ1) is 13.5. The summed E-state index contributed by atoms with van der Waals surface area (Å²) in [6, 6.07) is 1.67. The van der Waals surface area contributed by atoms with E-state index in [9.17, 15) is 9.90 Å². The Morgan fingerprint density at radius 2 is 2.42 bits per heavy atom. The predicted octanol–water partition coefficient (Wildman–Crippen LogP) is -0.465. The molecule has 19 heavy (non-hydrogen) atoms. The van der Waals surface area contributed by atoms with Crippen LogP contribution in [0.5, 0.6) is 0 Å². The molecule has 0 aliphatic carbocycles. The van der Waals surface area contributed by atoms with E-state index in [-0.39, 0.29) is 5.69 Å². The fraction of sp³-hybridized carbons (Fsp3) is 0.545. The number of methoxy groups -OCH3 is 1. The number of hydrogen-bond acceptors (Lipinski definition) is 6. The summed E-state index contributed by atoms with van der Waals surface area (Å²) in [7, 11) is 1.55. The molecule has 2 heterocycles. The Morgan fingerprint density at radius 1 is 1.63 bits per heavy atom. The highest BCUT2D eigenvalue weighted by Gasteiger charge is 2.07. The van der Waals surface area contributed by atoms with Crippen LogP contribution in [0.25, 0.3) is 5.65 Å². The van der Waals surface area contributed by atoms with Crippen LogP contribution in [0, 0.1) is 6.92 Å². The van der Waals surface area contributed by atoms with Crippen molar-refractivity contribution in [1.82, 2.24) is 19.6 Å². The van der Waals surface area contributed by atoms with Gasteiger partial charge in [-0.25, -0.2) is 19.3 Å². The summed E-state index contributed by atoms with van der Waals surface area (Å²) in [5.41, 5.74) is 0.208. The zero-order valence-electron chi connectivity index (χ0n) is 10.9. The van der Waals surface area contributed by atoms with Gasteiger partial charge < -0.3 is 15.2 Å². The molecule has 8 nitrogen and oxygen atoms in total. The van der Waals surface area contributed by atoms with Crippen molar-refractivity contribution in [2.45, 2.75) is 19.4 Å². The smallest absolute Gasteiger partial charge is 0.349 e. The van der Waals surface area contributed by atoms with Crippen LogP contribution in [-0.2, 0) is 4.74 Å². The maximum atomic E-state index is 11.4. The molecule has 2 rings (SSSR count). The van der Waals surface area contributed by atoms with Crippen molar-refractivity contribution in [2.75, 3.05) is 25.6 Å². The number of anilines is 1. The normalized spacial score (nSPS) is 12.8. The van der Waals surface area contributed by atoms with Gasteiger partial charge in [-0.3, -0.25) is 0 Å². The molecule has 3 N–H and O–H groups in total. The lowest BCUT2D eigenvalue weighted by molar-refractivity contribution is 0.0615. The summed E-state index contributed by atoms with van der Waals surface area (Å²) < 4.78 is 6.23. The van der Waals surface area contributed by atoms with Gasteiger partial charge in [0, 0.05) is 19.7 Å². The molecule has 0 aliphatic heterocycles. The van der Waals surface area contributed by atoms with E-state index in [4.69, 9.17) is 4.74 Å². The van der Waals surface area contributed by atoms with Crippen LogP contribution in [0.3, 0.4) is 0 Å². The number of ether oxygens (including phenoxy) is 1. The van der Waals surface area contributed by atoms with Crippen LogP contribution in [0.15, 0.2) is 10.9 Å². The van der Waals surface area contributed by atoms with Gasteiger partial charge in [0.1, 0.15) is 11.6 Å². The maximum Gasteiger partial charge on any atom is 0.349 e. The van der Waals surface area contributed by atoms with Crippen molar-refractivity contribution in [3.05, 3.63) is 22.4 Å². The van der Waals surface area contributed by atoms with Gasteiger partial charge in [0.2, 0.25) is 0 Å². The largest absolute Gasteiger partial charge is 0.391 e. The minimum atomic E-state index is -0.504. The van der Waals surface area contributed by atoms with E-state index >= 15 is 0 Å². The Balaban J connectivity index is 2.03. The summed E-state index contributed by atoms with van der Waals surface area (Å²) >= 11 is 0. The van der Waals surface area contributed by atoms with Crippen molar-refractivity contribution in [3.63, 3.8) is 0 Å². The standard InChI is InChI=1S/C11H17N5O3/c1-7-13-9(12-4-3-8(17)6-19-2)5-10-14-15-11(18)16(7)10/h5,8,12,17H,3-4,6H2,1-2H3,(H,15,18). The molecule has 0 spiro atoms. The fourth-order valence-corrected chi connectivity index (χ4v) is 1.83. The Bertz CT molecular complexity index is 606. The molecular weight excluding hydrogens is 250 g/mol. The summed E-state index contributed by atoms with van der Waals surface area (Å²) in [4.78, 5) is 15.7. The third kappa shape index (κ3) is 3.09. The summed E-state index contributed by atoms with van der Waals surface area (Å²) in [5, 5.41) is 18.8. The second-order valence-corrected chi connectivity index (χ2v) is 4.24. The molecule has 104 valence electrons. The van der Waals surface area contributed by atoms with E-state index in [2.05, 4.69) is 20.5 Å². The van der Waals surface area contributed by atoms with Gasteiger partial charge in [0.25, 0.3) is 0 Å². The van der Waals surface area contributed by atoms with Crippen LogP contribution in [0.2, 0.25) is 0 Å². The molecule has 0 aromatic carbocycles. The molecule has 2 aromatic heterocycles. The van der Waals surface area contributed by atoms with Gasteiger partial charge in [-0.15, -0.1) is 0 Å². The highest BCUT2D eigenvalue weighted by atomic mass is 16.5. The Morgan fingerprint density at radius 3 is 3.16 bits per heavy atom. The van der Waals surface area contributed by atoms with Crippen LogP contribution in [0.4, 0.5) is 5.82 Å². The molecule has 0 radical (unpaired) electrons. The second kappa shape index (κ2) is 5.81. The Kier molecular flexibility index (Phi) is 4.13. The molecular formula is C11H17N5O3. The molecule has 8 heteroatoms. The lowest BCUT2D eigenvalue weighted by Crippen LogP contribution is -2.19. The molecule has 0 saturated carbocycles. The number of hydrogen-bond donors (Lipinski definition) is 3. The number of rotatable bonds is 6.